The van der Waals surface area contributed by atoms with Crippen molar-refractivity contribution in [2.45, 2.75) is 26.3 Å². The smallest absolute Gasteiger partial charge is 0.191 e. The van der Waals surface area contributed by atoms with Crippen LogP contribution in [-0.2, 0) is 0 Å². The fourth-order valence-electron chi connectivity index (χ4n) is 2.27. The Hall–Kier alpha value is -0.0400. The molecular weight excluding hydrogens is 315 g/mol. The Morgan fingerprint density at radius 2 is 2.38 bits per heavy atom. The van der Waals surface area contributed by atoms with Crippen LogP contribution in [0.3, 0.4) is 0 Å². The first-order valence-electron chi connectivity index (χ1n) is 6.05. The Bertz CT molecular complexity index is 244. The van der Waals surface area contributed by atoms with Gasteiger partial charge in [-0.2, -0.15) is 0 Å². The second kappa shape index (κ2) is 6.64. The van der Waals surface area contributed by atoms with Crippen molar-refractivity contribution in [1.82, 2.24) is 15.5 Å². The largest absolute Gasteiger partial charge is 0.356 e. The molecular formula is C11H23IN4. The van der Waals surface area contributed by atoms with Gasteiger partial charge in [-0.1, -0.05) is 6.92 Å². The molecule has 0 spiro atoms. The Kier molecular flexibility index (Phi) is 5.82. The zero-order valence-electron chi connectivity index (χ0n) is 10.2. The highest BCUT2D eigenvalue weighted by Crippen LogP contribution is 2.14. The van der Waals surface area contributed by atoms with Crippen LogP contribution in [0.25, 0.3) is 0 Å². The van der Waals surface area contributed by atoms with E-state index in [1.165, 1.54) is 26.1 Å². The molecule has 2 atom stereocenters. The molecule has 94 valence electrons. The summed E-state index contributed by atoms with van der Waals surface area (Å²) in [5.41, 5.74) is 0. The minimum atomic E-state index is 0. The fourth-order valence-corrected chi connectivity index (χ4v) is 2.27. The first kappa shape index (κ1) is 14.0. The molecule has 2 aliphatic rings. The summed E-state index contributed by atoms with van der Waals surface area (Å²) >= 11 is 0. The summed E-state index contributed by atoms with van der Waals surface area (Å²) in [7, 11) is 0. The van der Waals surface area contributed by atoms with Crippen LogP contribution >= 0.6 is 24.0 Å². The second-order valence-electron chi connectivity index (χ2n) is 4.66. The Balaban J connectivity index is 0.00000128. The lowest BCUT2D eigenvalue weighted by molar-refractivity contribution is 0.342. The van der Waals surface area contributed by atoms with Crippen LogP contribution in [-0.4, -0.2) is 49.6 Å². The van der Waals surface area contributed by atoms with E-state index in [1.807, 2.05) is 0 Å². The Labute approximate surface area is 115 Å². The van der Waals surface area contributed by atoms with Crippen molar-refractivity contribution in [2.24, 2.45) is 10.9 Å². The number of rotatable bonds is 3. The van der Waals surface area contributed by atoms with Gasteiger partial charge in [0.1, 0.15) is 0 Å². The Morgan fingerprint density at radius 3 is 2.94 bits per heavy atom. The molecule has 1 saturated heterocycles. The molecule has 0 aromatic rings. The number of guanidine groups is 1. The summed E-state index contributed by atoms with van der Waals surface area (Å²) in [4.78, 5) is 6.91. The predicted molar refractivity (Wildman–Crippen MR) is 78.5 cm³/mol. The van der Waals surface area contributed by atoms with Gasteiger partial charge in [-0.15, -0.1) is 24.0 Å². The van der Waals surface area contributed by atoms with Crippen LogP contribution < -0.4 is 10.6 Å². The van der Waals surface area contributed by atoms with Gasteiger partial charge in [-0.05, 0) is 32.4 Å². The third-order valence-electron chi connectivity index (χ3n) is 3.28. The van der Waals surface area contributed by atoms with Crippen molar-refractivity contribution < 1.29 is 0 Å². The first-order chi connectivity index (χ1) is 7.28. The van der Waals surface area contributed by atoms with Crippen LogP contribution in [0.5, 0.6) is 0 Å². The van der Waals surface area contributed by atoms with Crippen LogP contribution in [0.15, 0.2) is 4.99 Å². The molecule has 0 radical (unpaired) electrons. The van der Waals surface area contributed by atoms with Crippen molar-refractivity contribution >= 4 is 29.9 Å². The standard InChI is InChI=1S/C11H22N4.HI/c1-3-15-5-4-10(8-15)7-13-11-12-6-9(2)14-11;/h9-10H,3-8H2,1-2H3,(H2,12,13,14);1H. The van der Waals surface area contributed by atoms with E-state index in [0.717, 1.165) is 25.0 Å². The summed E-state index contributed by atoms with van der Waals surface area (Å²) < 4.78 is 0. The van der Waals surface area contributed by atoms with E-state index in [-0.39, 0.29) is 24.0 Å². The zero-order chi connectivity index (χ0) is 10.7. The topological polar surface area (TPSA) is 39.7 Å². The molecule has 0 aromatic heterocycles. The monoisotopic (exact) mass is 338 g/mol. The summed E-state index contributed by atoms with van der Waals surface area (Å²) in [5, 5.41) is 6.74. The van der Waals surface area contributed by atoms with Crippen molar-refractivity contribution in [2.75, 3.05) is 32.7 Å². The van der Waals surface area contributed by atoms with E-state index in [0.29, 0.717) is 6.04 Å². The molecule has 2 unspecified atom stereocenters. The van der Waals surface area contributed by atoms with E-state index in [9.17, 15) is 0 Å². The van der Waals surface area contributed by atoms with Crippen molar-refractivity contribution in [1.29, 1.82) is 0 Å². The highest BCUT2D eigenvalue weighted by molar-refractivity contribution is 14.0. The van der Waals surface area contributed by atoms with Crippen LogP contribution in [0.2, 0.25) is 0 Å². The molecule has 0 aromatic carbocycles. The van der Waals surface area contributed by atoms with Crippen LogP contribution in [0, 0.1) is 5.92 Å². The van der Waals surface area contributed by atoms with Crippen LogP contribution in [0.4, 0.5) is 0 Å². The predicted octanol–water partition coefficient (Wildman–Crippen LogP) is 0.883. The van der Waals surface area contributed by atoms with E-state index in [4.69, 9.17) is 0 Å². The Morgan fingerprint density at radius 1 is 1.56 bits per heavy atom. The molecule has 16 heavy (non-hydrogen) atoms. The minimum absolute atomic E-state index is 0. The zero-order valence-corrected chi connectivity index (χ0v) is 12.5. The number of hydrogen-bond donors (Lipinski definition) is 2. The lowest BCUT2D eigenvalue weighted by Gasteiger charge is -2.14. The number of halogens is 1. The van der Waals surface area contributed by atoms with E-state index in [2.05, 4.69) is 34.4 Å². The molecule has 0 amide bonds. The van der Waals surface area contributed by atoms with Gasteiger partial charge in [-0.25, -0.2) is 0 Å². The third-order valence-corrected chi connectivity index (χ3v) is 3.28. The highest BCUT2D eigenvalue weighted by Gasteiger charge is 2.21. The van der Waals surface area contributed by atoms with Gasteiger partial charge in [0.15, 0.2) is 5.96 Å². The van der Waals surface area contributed by atoms with Gasteiger partial charge in [0.05, 0.1) is 6.54 Å². The van der Waals surface area contributed by atoms with Gasteiger partial charge in [0, 0.05) is 19.1 Å². The first-order valence-corrected chi connectivity index (χ1v) is 6.05. The van der Waals surface area contributed by atoms with Gasteiger partial charge >= 0.3 is 0 Å². The lowest BCUT2D eigenvalue weighted by Crippen LogP contribution is -2.40. The molecule has 5 heteroatoms. The average Bonchev–Trinajstić information content (AvgIpc) is 2.83. The van der Waals surface area contributed by atoms with E-state index in [1.54, 1.807) is 0 Å². The number of nitrogens with one attached hydrogen (secondary N) is 2. The maximum absolute atomic E-state index is 4.40. The summed E-state index contributed by atoms with van der Waals surface area (Å²) in [6.07, 6.45) is 1.32. The van der Waals surface area contributed by atoms with Gasteiger partial charge in [0.25, 0.3) is 0 Å². The molecule has 0 aliphatic carbocycles. The van der Waals surface area contributed by atoms with Gasteiger partial charge in [0.2, 0.25) is 0 Å². The average molecular weight is 338 g/mol. The molecule has 2 rings (SSSR count). The molecule has 4 nitrogen and oxygen atoms in total. The number of hydrogen-bond acceptors (Lipinski definition) is 4. The minimum Gasteiger partial charge on any atom is -0.356 e. The summed E-state index contributed by atoms with van der Waals surface area (Å²) in [6, 6.07) is 0.503. The highest BCUT2D eigenvalue weighted by atomic mass is 127. The maximum Gasteiger partial charge on any atom is 0.191 e. The third kappa shape index (κ3) is 3.76. The molecule has 2 aliphatic heterocycles. The number of nitrogens with zero attached hydrogens (tertiary/aromatic N) is 2. The summed E-state index contributed by atoms with van der Waals surface area (Å²) in [6.45, 7) is 10.1. The second-order valence-corrected chi connectivity index (χ2v) is 4.66. The molecule has 2 N–H and O–H groups in total. The normalized spacial score (nSPS) is 29.5. The molecule has 1 fully saturated rings. The number of aliphatic imine (C=N–C) groups is 1. The number of likely N-dealkylation sites (tertiary alicyclic amines) is 1. The lowest BCUT2D eigenvalue weighted by atomic mass is 10.1. The van der Waals surface area contributed by atoms with Crippen molar-refractivity contribution in [3.05, 3.63) is 0 Å². The SMILES string of the molecule is CCN1CCC(CNC2=NCC(C)N2)C1.I. The van der Waals surface area contributed by atoms with Crippen molar-refractivity contribution in [3.63, 3.8) is 0 Å². The van der Waals surface area contributed by atoms with Crippen LogP contribution in [0.1, 0.15) is 20.3 Å². The molecule has 2 heterocycles. The van der Waals surface area contributed by atoms with E-state index < -0.39 is 0 Å². The molecule has 0 saturated carbocycles. The van der Waals surface area contributed by atoms with Gasteiger partial charge < -0.3 is 15.5 Å². The maximum atomic E-state index is 4.40. The van der Waals surface area contributed by atoms with Crippen molar-refractivity contribution in [3.8, 4) is 0 Å². The quantitative estimate of drug-likeness (QED) is 0.751. The van der Waals surface area contributed by atoms with Gasteiger partial charge in [-0.3, -0.25) is 4.99 Å². The van der Waals surface area contributed by atoms with E-state index >= 15 is 0 Å². The summed E-state index contributed by atoms with van der Waals surface area (Å²) in [5.74, 6) is 1.79. The fraction of sp³-hybridized carbons (Fsp3) is 0.909. The molecule has 0 bridgehead atoms.